The molecule has 0 fully saturated rings. The topological polar surface area (TPSA) is 34.1 Å². The van der Waals surface area contributed by atoms with Crippen molar-refractivity contribution in [1.82, 2.24) is 0 Å². The average Bonchev–Trinajstić information content (AvgIpc) is 2.47. The Bertz CT molecular complexity index is 789. The Morgan fingerprint density at radius 3 is 2.00 bits per heavy atom. The van der Waals surface area contributed by atoms with Gasteiger partial charge in [0.15, 0.2) is 9.84 Å². The quantitative estimate of drug-likeness (QED) is 0.769. The predicted octanol–water partition coefficient (Wildman–Crippen LogP) is 4.43. The Morgan fingerprint density at radius 2 is 1.48 bits per heavy atom. The molecular formula is C16H12F4O2S. The molecule has 0 aliphatic rings. The van der Waals surface area contributed by atoms with Crippen LogP contribution in [0.2, 0.25) is 0 Å². The predicted molar refractivity (Wildman–Crippen MR) is 79.5 cm³/mol. The van der Waals surface area contributed by atoms with Gasteiger partial charge in [-0.15, -0.1) is 0 Å². The molecule has 0 spiro atoms. The van der Waals surface area contributed by atoms with E-state index in [4.69, 9.17) is 0 Å². The number of alkyl halides is 3. The summed E-state index contributed by atoms with van der Waals surface area (Å²) in [7, 11) is -3.61. The number of hydrogen-bond donors (Lipinski definition) is 0. The summed E-state index contributed by atoms with van der Waals surface area (Å²) in [6.45, 7) is 0. The van der Waals surface area contributed by atoms with Crippen molar-refractivity contribution in [2.24, 2.45) is 0 Å². The van der Waals surface area contributed by atoms with Crippen molar-refractivity contribution < 1.29 is 26.0 Å². The van der Waals surface area contributed by atoms with E-state index in [0.29, 0.717) is 11.1 Å². The number of benzene rings is 2. The Balaban J connectivity index is 2.10. The average molecular weight is 344 g/mol. The van der Waals surface area contributed by atoms with Crippen molar-refractivity contribution in [3.63, 3.8) is 0 Å². The van der Waals surface area contributed by atoms with Gasteiger partial charge in [0.2, 0.25) is 0 Å². The van der Waals surface area contributed by atoms with Crippen molar-refractivity contribution in [3.8, 4) is 0 Å². The summed E-state index contributed by atoms with van der Waals surface area (Å²) in [5.41, 5.74) is -0.0482. The lowest BCUT2D eigenvalue weighted by Crippen LogP contribution is -2.04. The van der Waals surface area contributed by atoms with E-state index < -0.39 is 27.4 Å². The Kier molecular flexibility index (Phi) is 4.89. The van der Waals surface area contributed by atoms with Crippen LogP contribution in [0.1, 0.15) is 16.7 Å². The van der Waals surface area contributed by atoms with Crippen LogP contribution in [0.3, 0.4) is 0 Å². The molecule has 122 valence electrons. The van der Waals surface area contributed by atoms with Gasteiger partial charge in [0, 0.05) is 5.41 Å². The smallest absolute Gasteiger partial charge is 0.224 e. The summed E-state index contributed by atoms with van der Waals surface area (Å²) in [4.78, 5) is 0. The normalized spacial score (nSPS) is 12.7. The van der Waals surface area contributed by atoms with Crippen molar-refractivity contribution in [1.29, 1.82) is 0 Å². The third-order valence-corrected chi connectivity index (χ3v) is 4.27. The van der Waals surface area contributed by atoms with E-state index in [-0.39, 0.29) is 5.75 Å². The van der Waals surface area contributed by atoms with Crippen molar-refractivity contribution in [2.75, 3.05) is 0 Å². The zero-order valence-electron chi connectivity index (χ0n) is 11.7. The minimum Gasteiger partial charge on any atom is -0.224 e. The van der Waals surface area contributed by atoms with Gasteiger partial charge in [0.1, 0.15) is 5.82 Å². The van der Waals surface area contributed by atoms with Crippen LogP contribution in [0.15, 0.2) is 53.9 Å². The molecule has 0 aromatic heterocycles. The monoisotopic (exact) mass is 344 g/mol. The van der Waals surface area contributed by atoms with Crippen molar-refractivity contribution in [2.45, 2.75) is 11.9 Å². The fourth-order valence-electron chi connectivity index (χ4n) is 1.83. The fourth-order valence-corrected chi connectivity index (χ4v) is 2.94. The second kappa shape index (κ2) is 6.54. The van der Waals surface area contributed by atoms with Crippen LogP contribution in [0, 0.1) is 5.82 Å². The summed E-state index contributed by atoms with van der Waals surface area (Å²) >= 11 is 0. The van der Waals surface area contributed by atoms with Crippen LogP contribution in [-0.4, -0.2) is 8.42 Å². The molecule has 0 saturated heterocycles. The molecule has 0 atom stereocenters. The standard InChI is InChI=1S/C16H12F4O2S/c17-15-7-3-13(4-8-15)11-23(21,22)10-9-12-1-5-14(6-2-12)16(18,19)20/h1-10H,11H2. The minimum atomic E-state index is -4.43. The molecule has 0 amide bonds. The van der Waals surface area contributed by atoms with E-state index >= 15 is 0 Å². The molecule has 2 nitrogen and oxygen atoms in total. The van der Waals surface area contributed by atoms with E-state index in [0.717, 1.165) is 29.7 Å². The highest BCUT2D eigenvalue weighted by Gasteiger charge is 2.29. The highest BCUT2D eigenvalue weighted by Crippen LogP contribution is 2.29. The van der Waals surface area contributed by atoms with Crippen LogP contribution < -0.4 is 0 Å². The van der Waals surface area contributed by atoms with Gasteiger partial charge in [-0.1, -0.05) is 24.3 Å². The molecule has 0 aliphatic carbocycles. The van der Waals surface area contributed by atoms with Gasteiger partial charge in [-0.3, -0.25) is 0 Å². The lowest BCUT2D eigenvalue weighted by atomic mass is 10.1. The van der Waals surface area contributed by atoms with Crippen LogP contribution in [0.25, 0.3) is 6.08 Å². The Labute approximate surface area is 131 Å². The first-order valence-corrected chi connectivity index (χ1v) is 8.20. The molecule has 2 aromatic carbocycles. The first-order chi connectivity index (χ1) is 10.7. The summed E-state index contributed by atoms with van der Waals surface area (Å²) in [5.74, 6) is -0.781. The second-order valence-electron chi connectivity index (χ2n) is 4.86. The van der Waals surface area contributed by atoms with Gasteiger partial charge in [0.05, 0.1) is 11.3 Å². The largest absolute Gasteiger partial charge is 0.416 e. The molecule has 0 aliphatic heterocycles. The summed E-state index contributed by atoms with van der Waals surface area (Å²) in [5, 5.41) is 0.930. The van der Waals surface area contributed by atoms with Gasteiger partial charge < -0.3 is 0 Å². The molecule has 23 heavy (non-hydrogen) atoms. The fraction of sp³-hybridized carbons (Fsp3) is 0.125. The van der Waals surface area contributed by atoms with Gasteiger partial charge >= 0.3 is 6.18 Å². The van der Waals surface area contributed by atoms with E-state index in [1.54, 1.807) is 0 Å². The number of hydrogen-bond acceptors (Lipinski definition) is 2. The summed E-state index contributed by atoms with van der Waals surface area (Å²) in [6.07, 6.45) is -3.21. The Morgan fingerprint density at radius 1 is 0.913 bits per heavy atom. The van der Waals surface area contributed by atoms with Crippen LogP contribution in [-0.2, 0) is 21.8 Å². The maximum Gasteiger partial charge on any atom is 0.416 e. The minimum absolute atomic E-state index is 0.315. The Hall–Kier alpha value is -2.15. The third kappa shape index (κ3) is 5.21. The van der Waals surface area contributed by atoms with Crippen LogP contribution >= 0.6 is 0 Å². The molecular weight excluding hydrogens is 332 g/mol. The van der Waals surface area contributed by atoms with E-state index in [9.17, 15) is 26.0 Å². The highest BCUT2D eigenvalue weighted by molar-refractivity contribution is 7.93. The lowest BCUT2D eigenvalue weighted by Gasteiger charge is -2.06. The molecule has 2 rings (SSSR count). The van der Waals surface area contributed by atoms with Crippen LogP contribution in [0.5, 0.6) is 0 Å². The first-order valence-electron chi connectivity index (χ1n) is 6.48. The van der Waals surface area contributed by atoms with E-state index in [2.05, 4.69) is 0 Å². The summed E-state index contributed by atoms with van der Waals surface area (Å²) in [6, 6.07) is 9.17. The number of halogens is 4. The van der Waals surface area contributed by atoms with E-state index in [1.807, 2.05) is 0 Å². The van der Waals surface area contributed by atoms with Crippen LogP contribution in [0.4, 0.5) is 17.6 Å². The third-order valence-electron chi connectivity index (χ3n) is 2.99. The van der Waals surface area contributed by atoms with Gasteiger partial charge in [-0.2, -0.15) is 13.2 Å². The van der Waals surface area contributed by atoms with E-state index in [1.165, 1.54) is 30.3 Å². The summed E-state index contributed by atoms with van der Waals surface area (Å²) < 4.78 is 73.9. The zero-order valence-corrected chi connectivity index (χ0v) is 12.5. The van der Waals surface area contributed by atoms with Crippen molar-refractivity contribution in [3.05, 3.63) is 76.4 Å². The number of sulfone groups is 1. The molecule has 0 N–H and O–H groups in total. The van der Waals surface area contributed by atoms with Gasteiger partial charge in [-0.05, 0) is 41.5 Å². The SMILES string of the molecule is O=S(=O)(C=Cc1ccc(C(F)(F)F)cc1)Cc1ccc(F)cc1. The highest BCUT2D eigenvalue weighted by atomic mass is 32.2. The molecule has 0 saturated carbocycles. The molecule has 0 radical (unpaired) electrons. The first kappa shape index (κ1) is 17.2. The molecule has 0 heterocycles. The maximum absolute atomic E-state index is 12.8. The molecule has 0 bridgehead atoms. The van der Waals surface area contributed by atoms with Crippen molar-refractivity contribution >= 4 is 15.9 Å². The van der Waals surface area contributed by atoms with Gasteiger partial charge in [-0.25, -0.2) is 12.8 Å². The maximum atomic E-state index is 12.8. The molecule has 2 aromatic rings. The van der Waals surface area contributed by atoms with Gasteiger partial charge in [0.25, 0.3) is 0 Å². The number of rotatable bonds is 4. The molecule has 7 heteroatoms. The molecule has 0 unspecified atom stereocenters. The zero-order chi connectivity index (χ0) is 17.1. The second-order valence-corrected chi connectivity index (χ2v) is 6.74. The lowest BCUT2D eigenvalue weighted by molar-refractivity contribution is -0.137.